The number of ketones is 1. The van der Waals surface area contributed by atoms with Gasteiger partial charge in [0.15, 0.2) is 17.7 Å². The van der Waals surface area contributed by atoms with Crippen molar-refractivity contribution in [1.82, 2.24) is 75.6 Å². The van der Waals surface area contributed by atoms with Crippen LogP contribution in [-0.4, -0.2) is 377 Å². The Morgan fingerprint density at radius 1 is 0.585 bits per heavy atom. The number of hydrogen-bond donors (Lipinski definition) is 7. The van der Waals surface area contributed by atoms with Crippen LogP contribution in [0.3, 0.4) is 0 Å². The highest BCUT2D eigenvalue weighted by molar-refractivity contribution is 6.28. The standard InChI is InChI=1S/C89H122N16O25/c1-15-20-84-129-66-38-61-60-28-26-58-35-55(2)32-33-87(58,3)85(60)63(106)39-88(61,4)89(66,130-84)65(107)53-127-54-93-69(110)41-92-86(126)62(36-56-21-17-16-18-22-56)94-70(111)42-91-68(109)40-90-67(108)29-25-57-24-27-59(105-72(113)30-31-73(105)114)37-64(57)128-34-19-23-71(112)95(5)43-74(115)96(6)44-75(116)97(7)45-76(117)98(8)46-77(118)99(9)47-78(119)100(10)48-79(120)101(11)49-80(121)102(12)50-81(122)103(13)51-82(123)104(14)52-83(124)125/h16-18,21-22,24,27,30-33,35,37,60-63,66,84-85,106H,2,15,19-20,23,25-26,28-29,34,36,38-54H2,1,3-14H3,(H,90,108)(H,91,109)(H,92,126)(H,93,110)(H,94,111)(H,124,125)/t60-,61-,62-,63-,66+,84+,85+,87-,88-,89+/m0/s1. The molecule has 0 radical (unpaired) electrons. The van der Waals surface area contributed by atoms with E-state index in [1.54, 1.807) is 30.3 Å². The second-order valence-corrected chi connectivity index (χ2v) is 34.4. The Balaban J connectivity index is 0.720. The molecule has 0 unspecified atom stereocenters. The minimum absolute atomic E-state index is 0.0000371. The lowest BCUT2D eigenvalue weighted by Crippen LogP contribution is -2.63. The van der Waals surface area contributed by atoms with Crippen LogP contribution in [0.5, 0.6) is 5.75 Å². The number of ether oxygens (including phenoxy) is 4. The molecule has 2 aliphatic heterocycles. The quantitative estimate of drug-likeness (QED) is 0.0209. The number of aliphatic carboxylic acids is 1. The summed E-state index contributed by atoms with van der Waals surface area (Å²) in [4.78, 5) is 259. The van der Waals surface area contributed by atoms with Crippen molar-refractivity contribution in [3.05, 3.63) is 108 Å². The largest absolute Gasteiger partial charge is 0.493 e. The Hall–Kier alpha value is -12.6. The molecule has 2 aromatic rings. The van der Waals surface area contributed by atoms with Gasteiger partial charge < -0.3 is 105 Å². The number of imide groups is 1. The number of nitrogens with one attached hydrogen (secondary N) is 5. The molecule has 708 valence electrons. The Morgan fingerprint density at radius 3 is 1.57 bits per heavy atom. The molecule has 6 aliphatic rings. The van der Waals surface area contributed by atoms with Crippen LogP contribution in [0.4, 0.5) is 5.69 Å². The van der Waals surface area contributed by atoms with Gasteiger partial charge in [-0.05, 0) is 79.5 Å². The number of anilines is 1. The number of Topliss-reactive ketones (excluding diaryl/α,β-unsaturated/α-hetero) is 1. The second-order valence-electron chi connectivity index (χ2n) is 34.4. The van der Waals surface area contributed by atoms with Crippen molar-refractivity contribution in [1.29, 1.82) is 0 Å². The van der Waals surface area contributed by atoms with Crippen molar-refractivity contribution in [3.63, 3.8) is 0 Å². The molecular weight excluding hydrogens is 1690 g/mol. The van der Waals surface area contributed by atoms with Gasteiger partial charge in [0.1, 0.15) is 31.7 Å². The van der Waals surface area contributed by atoms with Crippen LogP contribution in [0.15, 0.2) is 96.6 Å². The molecule has 4 fully saturated rings. The number of carboxylic acids is 1. The Morgan fingerprint density at radius 2 is 1.06 bits per heavy atom. The molecular formula is C89H122N16O25. The molecule has 0 spiro atoms. The van der Waals surface area contributed by atoms with Crippen LogP contribution in [0.25, 0.3) is 0 Å². The number of benzene rings is 2. The SMILES string of the molecule is C=C1C=C[C@@]2(C)C(=C1)CC[C@@H]1[C@@H]2[C@@H](O)C[C@@]2(C)[C@H]1C[C@H]1O[C@@H](CCC)O[C@]12C(=O)COCNC(=O)CNC(=O)[C@H](Cc1ccccc1)NC(=O)CNC(=O)CNC(=O)CCc1ccc(N2C(=O)C=CC2=O)cc1OCCCC(=O)N(C)CC(=O)N(C)CC(=O)N(C)CC(=O)N(C)CC(=O)N(C)CC(=O)N(C)CC(=O)N(C)CC(=O)N(C)CC(=O)N(C)CC(=O)N(C)CC(=O)O. The minimum Gasteiger partial charge on any atom is -0.493 e. The second kappa shape index (κ2) is 46.1. The Labute approximate surface area is 754 Å². The summed E-state index contributed by atoms with van der Waals surface area (Å²) in [6.45, 7) is 2.61. The van der Waals surface area contributed by atoms with Crippen LogP contribution >= 0.6 is 0 Å². The molecule has 2 aromatic carbocycles. The molecule has 0 aromatic heterocycles. The lowest BCUT2D eigenvalue weighted by molar-refractivity contribution is -0.201. The van der Waals surface area contributed by atoms with Gasteiger partial charge in [-0.1, -0.05) is 94.0 Å². The maximum Gasteiger partial charge on any atom is 0.323 e. The summed E-state index contributed by atoms with van der Waals surface area (Å²) < 4.78 is 25.2. The molecule has 41 nitrogen and oxygen atoms in total. The third kappa shape index (κ3) is 26.6. The zero-order chi connectivity index (χ0) is 96.0. The zero-order valence-corrected chi connectivity index (χ0v) is 76.0. The summed E-state index contributed by atoms with van der Waals surface area (Å²) in [6, 6.07) is 11.9. The van der Waals surface area contributed by atoms with Crippen LogP contribution in [0, 0.1) is 28.6 Å². The third-order valence-electron chi connectivity index (χ3n) is 24.7. The molecule has 7 N–H and O–H groups in total. The van der Waals surface area contributed by atoms with Gasteiger partial charge in [-0.15, -0.1) is 0 Å². The number of carbonyl (C=O) groups excluding carboxylic acids is 18. The molecule has 3 saturated carbocycles. The number of aliphatic hydroxyl groups excluding tert-OH is 1. The average Bonchev–Trinajstić information content (AvgIpc) is 1.50. The van der Waals surface area contributed by atoms with Crippen LogP contribution in [0.1, 0.15) is 89.7 Å². The van der Waals surface area contributed by atoms with E-state index in [4.69, 9.17) is 24.1 Å². The average molecular weight is 1820 g/mol. The van der Waals surface area contributed by atoms with E-state index in [0.717, 1.165) is 90.9 Å². The van der Waals surface area contributed by atoms with Crippen molar-refractivity contribution >= 4 is 118 Å². The number of amides is 17. The summed E-state index contributed by atoms with van der Waals surface area (Å²) in [7, 11) is 13.0. The normalized spacial score (nSPS) is 21.0. The number of nitrogens with zero attached hydrogens (tertiary/aromatic N) is 11. The number of carbonyl (C=O) groups is 19. The molecule has 17 amide bonds. The van der Waals surface area contributed by atoms with Gasteiger partial charge in [0.2, 0.25) is 88.6 Å². The first-order valence-corrected chi connectivity index (χ1v) is 42.9. The van der Waals surface area contributed by atoms with Crippen LogP contribution < -0.4 is 36.2 Å². The molecule has 4 aliphatic carbocycles. The highest BCUT2D eigenvalue weighted by Crippen LogP contribution is 2.70. The van der Waals surface area contributed by atoms with E-state index in [1.807, 2.05) is 19.9 Å². The highest BCUT2D eigenvalue weighted by atomic mass is 16.7. The molecule has 10 atom stereocenters. The maximum atomic E-state index is 14.8. The highest BCUT2D eigenvalue weighted by Gasteiger charge is 2.76. The fourth-order valence-corrected chi connectivity index (χ4v) is 17.2. The number of allylic oxidation sites excluding steroid dienone is 5. The fraction of sp³-hybridized carbons (Fsp3) is 0.562. The van der Waals surface area contributed by atoms with E-state index in [0.29, 0.717) is 30.4 Å². The van der Waals surface area contributed by atoms with Gasteiger partial charge in [0.25, 0.3) is 11.8 Å². The first kappa shape index (κ1) is 103. The number of aliphatic hydroxyl groups is 1. The number of aryl methyl sites for hydroxylation is 1. The summed E-state index contributed by atoms with van der Waals surface area (Å²) in [5, 5.41) is 33.7. The maximum absolute atomic E-state index is 14.8. The molecule has 130 heavy (non-hydrogen) atoms. The lowest BCUT2D eigenvalue weighted by Gasteiger charge is -2.60. The van der Waals surface area contributed by atoms with E-state index in [-0.39, 0.29) is 79.1 Å². The fourth-order valence-electron chi connectivity index (χ4n) is 17.2. The van der Waals surface area contributed by atoms with Crippen molar-refractivity contribution in [2.75, 3.05) is 180 Å². The van der Waals surface area contributed by atoms with E-state index in [1.165, 1.54) is 94.2 Å². The van der Waals surface area contributed by atoms with E-state index in [9.17, 15) is 96.2 Å². The lowest BCUT2D eigenvalue weighted by atomic mass is 9.46. The Kier molecular flexibility index (Phi) is 36.4. The van der Waals surface area contributed by atoms with Crippen LogP contribution in [0.2, 0.25) is 0 Å². The molecule has 41 heteroatoms. The topological polar surface area (TPSA) is 498 Å². The molecule has 2 heterocycles. The molecule has 0 bridgehead atoms. The number of likely N-dealkylation sites (N-methyl/N-ethyl adjacent to an activating group) is 10. The monoisotopic (exact) mass is 1810 g/mol. The van der Waals surface area contributed by atoms with Gasteiger partial charge in [-0.25, -0.2) is 4.90 Å². The summed E-state index contributed by atoms with van der Waals surface area (Å²) in [5.41, 5.74) is 0.814. The van der Waals surface area contributed by atoms with Crippen LogP contribution in [-0.2, 0) is 118 Å². The van der Waals surface area contributed by atoms with Gasteiger partial charge in [0.05, 0.1) is 103 Å². The van der Waals surface area contributed by atoms with Gasteiger partial charge >= 0.3 is 5.97 Å². The Bertz CT molecular complexity index is 4730. The smallest absolute Gasteiger partial charge is 0.323 e. The van der Waals surface area contributed by atoms with Crippen molar-refractivity contribution in [3.8, 4) is 5.75 Å². The van der Waals surface area contributed by atoms with Gasteiger partial charge in [-0.3, -0.25) is 91.1 Å². The minimum atomic E-state index is -1.41. The van der Waals surface area contributed by atoms with Crippen molar-refractivity contribution in [2.24, 2.45) is 28.6 Å². The first-order valence-electron chi connectivity index (χ1n) is 42.9. The summed E-state index contributed by atoms with van der Waals surface area (Å²) in [5.74, 6) is -12.8. The number of carboxylic acid groups (broad SMARTS) is 1. The van der Waals surface area contributed by atoms with E-state index < -0.39 is 240 Å². The summed E-state index contributed by atoms with van der Waals surface area (Å²) in [6.07, 6.45) is 10.1. The van der Waals surface area contributed by atoms with Gasteiger partial charge in [-0.2, -0.15) is 0 Å². The predicted molar refractivity (Wildman–Crippen MR) is 465 cm³/mol. The number of fused-ring (bicyclic) bond motifs is 7. The van der Waals surface area contributed by atoms with E-state index >= 15 is 0 Å². The van der Waals surface area contributed by atoms with Crippen molar-refractivity contribution < 1.29 is 120 Å². The van der Waals surface area contributed by atoms with E-state index in [2.05, 4.69) is 52.2 Å². The third-order valence-corrected chi connectivity index (χ3v) is 24.7. The van der Waals surface area contributed by atoms with Gasteiger partial charge in [0, 0.05) is 125 Å². The predicted octanol–water partition coefficient (Wildman–Crippen LogP) is -2.23. The molecule has 8 rings (SSSR count). The van der Waals surface area contributed by atoms with Crippen molar-refractivity contribution in [2.45, 2.75) is 122 Å². The number of hydrogen-bond acceptors (Lipinski definition) is 24. The summed E-state index contributed by atoms with van der Waals surface area (Å²) >= 11 is 0. The molecule has 1 saturated heterocycles. The number of rotatable bonds is 46. The first-order chi connectivity index (χ1) is 61.3. The zero-order valence-electron chi connectivity index (χ0n) is 76.0.